The maximum absolute atomic E-state index is 12.7. The van der Waals surface area contributed by atoms with Gasteiger partial charge < -0.3 is 14.8 Å². The zero-order valence-electron chi connectivity index (χ0n) is 17.7. The Kier molecular flexibility index (Phi) is 7.16. The highest BCUT2D eigenvalue weighted by molar-refractivity contribution is 5.96. The topological polar surface area (TPSA) is 65.4 Å². The summed E-state index contributed by atoms with van der Waals surface area (Å²) in [5.74, 6) is 1.15. The van der Waals surface area contributed by atoms with E-state index in [0.29, 0.717) is 37.5 Å². The molecule has 0 aliphatic carbocycles. The van der Waals surface area contributed by atoms with Crippen molar-refractivity contribution in [3.8, 4) is 17.2 Å². The largest absolute Gasteiger partial charge is 0.490 e. The summed E-state index contributed by atoms with van der Waals surface area (Å²) >= 11 is 0. The molecule has 6 nitrogen and oxygen atoms in total. The lowest BCUT2D eigenvalue weighted by Crippen LogP contribution is -2.26. The molecule has 0 saturated carbocycles. The molecule has 6 heteroatoms. The Labute approximate surface area is 187 Å². The maximum atomic E-state index is 12.7. The number of rotatable bonds is 10. The molecule has 1 heterocycles. The smallest absolute Gasteiger partial charge is 0.255 e. The van der Waals surface area contributed by atoms with Gasteiger partial charge in [0.1, 0.15) is 24.7 Å². The van der Waals surface area contributed by atoms with Gasteiger partial charge in [-0.1, -0.05) is 48.5 Å². The van der Waals surface area contributed by atoms with Crippen molar-refractivity contribution in [2.45, 2.75) is 6.42 Å². The molecular formula is C26H25N3O3. The highest BCUT2D eigenvalue weighted by Crippen LogP contribution is 2.18. The van der Waals surface area contributed by atoms with Crippen LogP contribution in [0, 0.1) is 0 Å². The standard InChI is InChI=1S/C26H25N3O3/c30-26(27-17-15-21-16-18-29(28-21)22-9-3-1-4-10-22)24-13-7-8-14-25(24)32-20-19-31-23-11-5-2-6-12-23/h1-14,16,18H,15,17,19-20H2,(H,27,30). The first-order valence-electron chi connectivity index (χ1n) is 10.6. The molecule has 3 aromatic carbocycles. The lowest BCUT2D eigenvalue weighted by atomic mass is 10.2. The van der Waals surface area contributed by atoms with Crippen molar-refractivity contribution in [1.82, 2.24) is 15.1 Å². The van der Waals surface area contributed by atoms with E-state index in [0.717, 1.165) is 17.1 Å². The summed E-state index contributed by atoms with van der Waals surface area (Å²) in [5.41, 5.74) is 2.42. The van der Waals surface area contributed by atoms with Crippen LogP contribution in [-0.2, 0) is 6.42 Å². The van der Waals surface area contributed by atoms with E-state index in [1.54, 1.807) is 12.1 Å². The summed E-state index contributed by atoms with van der Waals surface area (Å²) in [6.07, 6.45) is 2.56. The fourth-order valence-electron chi connectivity index (χ4n) is 3.23. The number of nitrogens with zero attached hydrogens (tertiary/aromatic N) is 2. The van der Waals surface area contributed by atoms with Gasteiger partial charge in [-0.25, -0.2) is 4.68 Å². The number of carbonyl (C=O) groups excluding carboxylic acids is 1. The van der Waals surface area contributed by atoms with Gasteiger partial charge in [0.2, 0.25) is 0 Å². The molecule has 32 heavy (non-hydrogen) atoms. The number of benzene rings is 3. The van der Waals surface area contributed by atoms with E-state index >= 15 is 0 Å². The van der Waals surface area contributed by atoms with Crippen molar-refractivity contribution in [3.05, 3.63) is 108 Å². The Balaban J connectivity index is 1.26. The summed E-state index contributed by atoms with van der Waals surface area (Å²) in [6.45, 7) is 1.22. The lowest BCUT2D eigenvalue weighted by Gasteiger charge is -2.12. The van der Waals surface area contributed by atoms with E-state index < -0.39 is 0 Å². The van der Waals surface area contributed by atoms with Crippen LogP contribution in [0.25, 0.3) is 5.69 Å². The fraction of sp³-hybridized carbons (Fsp3) is 0.154. The molecule has 0 unspecified atom stereocenters. The summed E-state index contributed by atoms with van der Waals surface area (Å²) in [5, 5.41) is 7.52. The zero-order chi connectivity index (χ0) is 22.0. The number of aromatic nitrogens is 2. The van der Waals surface area contributed by atoms with Gasteiger partial charge in [-0.05, 0) is 42.5 Å². The average Bonchev–Trinajstić information content (AvgIpc) is 3.32. The fourth-order valence-corrected chi connectivity index (χ4v) is 3.23. The maximum Gasteiger partial charge on any atom is 0.255 e. The molecule has 0 saturated heterocycles. The minimum atomic E-state index is -0.174. The van der Waals surface area contributed by atoms with Crippen molar-refractivity contribution in [3.63, 3.8) is 0 Å². The predicted octanol–water partition coefficient (Wildman–Crippen LogP) is 4.30. The third-order valence-electron chi connectivity index (χ3n) is 4.82. The molecule has 1 N–H and O–H groups in total. The lowest BCUT2D eigenvalue weighted by molar-refractivity contribution is 0.0948. The third kappa shape index (κ3) is 5.76. The number of carbonyl (C=O) groups is 1. The normalized spacial score (nSPS) is 10.5. The predicted molar refractivity (Wildman–Crippen MR) is 123 cm³/mol. The Morgan fingerprint density at radius 3 is 2.31 bits per heavy atom. The number of nitrogens with one attached hydrogen (secondary N) is 1. The molecule has 0 aliphatic rings. The van der Waals surface area contributed by atoms with Crippen LogP contribution in [0.3, 0.4) is 0 Å². The summed E-state index contributed by atoms with van der Waals surface area (Å²) < 4.78 is 13.3. The van der Waals surface area contributed by atoms with Crippen LogP contribution in [0.5, 0.6) is 11.5 Å². The van der Waals surface area contributed by atoms with Crippen LogP contribution in [0.15, 0.2) is 97.2 Å². The first-order valence-corrected chi connectivity index (χ1v) is 10.6. The van der Waals surface area contributed by atoms with Crippen molar-refractivity contribution in [2.75, 3.05) is 19.8 Å². The average molecular weight is 428 g/mol. The zero-order valence-corrected chi connectivity index (χ0v) is 17.7. The van der Waals surface area contributed by atoms with E-state index in [2.05, 4.69) is 10.4 Å². The SMILES string of the molecule is O=C(NCCc1ccn(-c2ccccc2)n1)c1ccccc1OCCOc1ccccc1. The first kappa shape index (κ1) is 21.2. The van der Waals surface area contributed by atoms with Gasteiger partial charge in [0.05, 0.1) is 16.9 Å². The Morgan fingerprint density at radius 2 is 1.50 bits per heavy atom. The Morgan fingerprint density at radius 1 is 0.812 bits per heavy atom. The molecule has 0 atom stereocenters. The molecule has 0 bridgehead atoms. The van der Waals surface area contributed by atoms with E-state index in [1.807, 2.05) is 89.7 Å². The highest BCUT2D eigenvalue weighted by Gasteiger charge is 2.12. The van der Waals surface area contributed by atoms with E-state index in [4.69, 9.17) is 9.47 Å². The van der Waals surface area contributed by atoms with Crippen molar-refractivity contribution in [1.29, 1.82) is 0 Å². The van der Waals surface area contributed by atoms with Crippen molar-refractivity contribution in [2.24, 2.45) is 0 Å². The molecule has 4 rings (SSSR count). The van der Waals surface area contributed by atoms with Crippen molar-refractivity contribution < 1.29 is 14.3 Å². The molecule has 4 aromatic rings. The minimum Gasteiger partial charge on any atom is -0.490 e. The van der Waals surface area contributed by atoms with Gasteiger partial charge in [0, 0.05) is 19.2 Å². The van der Waals surface area contributed by atoms with Crippen molar-refractivity contribution >= 4 is 5.91 Å². The number of hydrogen-bond acceptors (Lipinski definition) is 4. The molecule has 0 aliphatic heterocycles. The van der Waals surface area contributed by atoms with Crippen LogP contribution in [0.2, 0.25) is 0 Å². The minimum absolute atomic E-state index is 0.174. The molecule has 162 valence electrons. The van der Waals surface area contributed by atoms with Gasteiger partial charge in [0.25, 0.3) is 5.91 Å². The van der Waals surface area contributed by atoms with Crippen LogP contribution in [0.1, 0.15) is 16.1 Å². The van der Waals surface area contributed by atoms with E-state index in [1.165, 1.54) is 0 Å². The monoisotopic (exact) mass is 427 g/mol. The first-order chi connectivity index (χ1) is 15.8. The summed E-state index contributed by atoms with van der Waals surface area (Å²) in [6, 6.07) is 28.7. The van der Waals surface area contributed by atoms with E-state index in [-0.39, 0.29) is 5.91 Å². The Hall–Kier alpha value is -4.06. The quantitative estimate of drug-likeness (QED) is 0.383. The van der Waals surface area contributed by atoms with Gasteiger partial charge in [-0.3, -0.25) is 4.79 Å². The summed E-state index contributed by atoms with van der Waals surface area (Å²) in [7, 11) is 0. The second-order valence-electron chi connectivity index (χ2n) is 7.10. The van der Waals surface area contributed by atoms with E-state index in [9.17, 15) is 4.79 Å². The number of para-hydroxylation sites is 3. The van der Waals surface area contributed by atoms with Crippen LogP contribution < -0.4 is 14.8 Å². The third-order valence-corrected chi connectivity index (χ3v) is 4.82. The molecular weight excluding hydrogens is 402 g/mol. The van der Waals surface area contributed by atoms with Crippen LogP contribution >= 0.6 is 0 Å². The van der Waals surface area contributed by atoms with Gasteiger partial charge in [-0.2, -0.15) is 5.10 Å². The van der Waals surface area contributed by atoms with Gasteiger partial charge in [0.15, 0.2) is 0 Å². The molecule has 1 amide bonds. The number of hydrogen-bond donors (Lipinski definition) is 1. The second kappa shape index (κ2) is 10.8. The molecule has 0 radical (unpaired) electrons. The summed E-state index contributed by atoms with van der Waals surface area (Å²) in [4.78, 5) is 12.7. The Bertz CT molecular complexity index is 1130. The van der Waals surface area contributed by atoms with Crippen LogP contribution in [-0.4, -0.2) is 35.4 Å². The number of amides is 1. The van der Waals surface area contributed by atoms with Gasteiger partial charge >= 0.3 is 0 Å². The highest BCUT2D eigenvalue weighted by atomic mass is 16.5. The van der Waals surface area contributed by atoms with Crippen LogP contribution in [0.4, 0.5) is 0 Å². The second-order valence-corrected chi connectivity index (χ2v) is 7.10. The molecule has 0 spiro atoms. The molecule has 1 aromatic heterocycles. The molecule has 0 fully saturated rings. The number of ether oxygens (including phenoxy) is 2. The van der Waals surface area contributed by atoms with Gasteiger partial charge in [-0.15, -0.1) is 0 Å².